The van der Waals surface area contributed by atoms with Crippen LogP contribution in [-0.4, -0.2) is 27.6 Å². The molecule has 0 bridgehead atoms. The molecule has 0 radical (unpaired) electrons. The van der Waals surface area contributed by atoms with Gasteiger partial charge in [-0.25, -0.2) is 4.98 Å². The molecule has 8 nitrogen and oxygen atoms in total. The van der Waals surface area contributed by atoms with Gasteiger partial charge in [0.25, 0.3) is 11.8 Å². The highest BCUT2D eigenvalue weighted by Gasteiger charge is 2.32. The third-order valence-corrected chi connectivity index (χ3v) is 3.85. The zero-order valence-corrected chi connectivity index (χ0v) is 11.9. The first kappa shape index (κ1) is 13.4. The number of hydrogen-bond donors (Lipinski definition) is 1. The maximum absolute atomic E-state index is 12.2. The van der Waals surface area contributed by atoms with Crippen LogP contribution in [-0.2, 0) is 11.3 Å². The Labute approximate surface area is 126 Å². The van der Waals surface area contributed by atoms with Gasteiger partial charge in [0.2, 0.25) is 0 Å². The van der Waals surface area contributed by atoms with Crippen LogP contribution >= 0.6 is 0 Å². The lowest BCUT2D eigenvalue weighted by Gasteiger charge is -2.01. The van der Waals surface area contributed by atoms with E-state index in [-0.39, 0.29) is 18.6 Å². The zero-order valence-electron chi connectivity index (χ0n) is 11.9. The van der Waals surface area contributed by atoms with E-state index in [9.17, 15) is 4.79 Å². The summed E-state index contributed by atoms with van der Waals surface area (Å²) >= 11 is 0. The molecule has 1 atom stereocenters. The van der Waals surface area contributed by atoms with Crippen molar-refractivity contribution in [3.8, 4) is 0 Å². The molecule has 4 rings (SSSR count). The molecule has 1 N–H and O–H groups in total. The van der Waals surface area contributed by atoms with E-state index in [0.717, 1.165) is 32.3 Å². The second kappa shape index (κ2) is 5.53. The lowest BCUT2D eigenvalue weighted by Crippen LogP contribution is -2.24. The van der Waals surface area contributed by atoms with Crippen molar-refractivity contribution in [3.63, 3.8) is 0 Å². The van der Waals surface area contributed by atoms with Crippen LogP contribution in [0.15, 0.2) is 15.3 Å². The van der Waals surface area contributed by atoms with Gasteiger partial charge in [0.05, 0.1) is 6.54 Å². The molecule has 1 saturated heterocycles. The van der Waals surface area contributed by atoms with Crippen LogP contribution in [0.3, 0.4) is 0 Å². The fourth-order valence-electron chi connectivity index (χ4n) is 2.55. The van der Waals surface area contributed by atoms with E-state index < -0.39 is 0 Å². The van der Waals surface area contributed by atoms with E-state index in [1.54, 1.807) is 0 Å². The molecule has 1 aliphatic heterocycles. The molecular weight excluding hydrogens is 288 g/mol. The smallest absolute Gasteiger partial charge is 0.273 e. The van der Waals surface area contributed by atoms with E-state index in [4.69, 9.17) is 13.7 Å². The van der Waals surface area contributed by atoms with Gasteiger partial charge < -0.3 is 19.0 Å². The molecule has 0 spiro atoms. The lowest BCUT2D eigenvalue weighted by molar-refractivity contribution is 0.0835. The number of rotatable bonds is 5. The van der Waals surface area contributed by atoms with Crippen LogP contribution < -0.4 is 5.32 Å². The number of ether oxygens (including phenoxy) is 1. The molecule has 2 aromatic heterocycles. The monoisotopic (exact) mass is 304 g/mol. The van der Waals surface area contributed by atoms with Gasteiger partial charge in [-0.05, 0) is 25.7 Å². The van der Waals surface area contributed by atoms with E-state index in [1.165, 1.54) is 6.39 Å². The predicted molar refractivity (Wildman–Crippen MR) is 71.9 cm³/mol. The topological polar surface area (TPSA) is 103 Å². The Morgan fingerprint density at radius 3 is 3.05 bits per heavy atom. The minimum absolute atomic E-state index is 0.117. The van der Waals surface area contributed by atoms with Gasteiger partial charge in [-0.15, -0.1) is 0 Å². The maximum atomic E-state index is 12.2. The molecule has 8 heteroatoms. The number of oxazole rings is 1. The van der Waals surface area contributed by atoms with E-state index in [0.29, 0.717) is 29.1 Å². The van der Waals surface area contributed by atoms with Gasteiger partial charge in [-0.2, -0.15) is 4.98 Å². The molecular formula is C14H16N4O4. The van der Waals surface area contributed by atoms with Crippen molar-refractivity contribution in [2.45, 2.75) is 44.2 Å². The molecule has 2 aromatic rings. The summed E-state index contributed by atoms with van der Waals surface area (Å²) in [6.07, 6.45) is 5.17. The first-order chi connectivity index (χ1) is 10.8. The summed E-state index contributed by atoms with van der Waals surface area (Å²) in [7, 11) is 0. The molecule has 22 heavy (non-hydrogen) atoms. The maximum Gasteiger partial charge on any atom is 0.273 e. The quantitative estimate of drug-likeness (QED) is 0.896. The summed E-state index contributed by atoms with van der Waals surface area (Å²) in [5, 5.41) is 6.60. The summed E-state index contributed by atoms with van der Waals surface area (Å²) in [5.41, 5.74) is 0.352. The number of hydrogen-bond acceptors (Lipinski definition) is 7. The first-order valence-corrected chi connectivity index (χ1v) is 7.47. The standard InChI is InChI=1S/C14H16N4O4/c19-13(11-12(8-3-4-8)21-7-16-11)15-6-10-17-14(22-18-10)9-2-1-5-20-9/h7-9H,1-6H2,(H,15,19)/t9-/m1/s1. The van der Waals surface area contributed by atoms with Crippen molar-refractivity contribution in [1.82, 2.24) is 20.4 Å². The number of carbonyl (C=O) groups excluding carboxylic acids is 1. The van der Waals surface area contributed by atoms with Gasteiger partial charge >= 0.3 is 0 Å². The highest BCUT2D eigenvalue weighted by Crippen LogP contribution is 2.41. The van der Waals surface area contributed by atoms with Crippen molar-refractivity contribution >= 4 is 5.91 Å². The average Bonchev–Trinajstić information content (AvgIpc) is 3.02. The van der Waals surface area contributed by atoms with Gasteiger partial charge in [-0.3, -0.25) is 4.79 Å². The molecule has 2 fully saturated rings. The molecule has 3 heterocycles. The Morgan fingerprint density at radius 1 is 1.36 bits per heavy atom. The third-order valence-electron chi connectivity index (χ3n) is 3.85. The summed E-state index contributed by atoms with van der Waals surface area (Å²) in [4.78, 5) is 20.4. The number of aromatic nitrogens is 3. The van der Waals surface area contributed by atoms with Crippen LogP contribution in [0.5, 0.6) is 0 Å². The van der Waals surface area contributed by atoms with Crippen molar-refractivity contribution < 1.29 is 18.5 Å². The van der Waals surface area contributed by atoms with Gasteiger partial charge in [0, 0.05) is 12.5 Å². The van der Waals surface area contributed by atoms with Crippen LogP contribution in [0.1, 0.15) is 65.7 Å². The fourth-order valence-corrected chi connectivity index (χ4v) is 2.55. The number of nitrogens with zero attached hydrogens (tertiary/aromatic N) is 3. The van der Waals surface area contributed by atoms with E-state index in [2.05, 4.69) is 20.4 Å². The summed E-state index contributed by atoms with van der Waals surface area (Å²) in [6, 6.07) is 0. The van der Waals surface area contributed by atoms with Crippen LogP contribution in [0.2, 0.25) is 0 Å². The Bertz CT molecular complexity index is 670. The van der Waals surface area contributed by atoms with Crippen LogP contribution in [0.4, 0.5) is 0 Å². The zero-order chi connectivity index (χ0) is 14.9. The number of nitrogens with one attached hydrogen (secondary N) is 1. The molecule has 2 aliphatic rings. The van der Waals surface area contributed by atoms with E-state index in [1.807, 2.05) is 0 Å². The Kier molecular flexibility index (Phi) is 3.38. The predicted octanol–water partition coefficient (Wildman–Crippen LogP) is 1.72. The normalized spacial score (nSPS) is 21.2. The van der Waals surface area contributed by atoms with Gasteiger partial charge in [0.1, 0.15) is 11.9 Å². The molecule has 0 aromatic carbocycles. The number of carbonyl (C=O) groups is 1. The average molecular weight is 304 g/mol. The minimum atomic E-state index is -0.279. The Hall–Kier alpha value is -2.22. The van der Waals surface area contributed by atoms with Crippen LogP contribution in [0, 0.1) is 0 Å². The van der Waals surface area contributed by atoms with E-state index >= 15 is 0 Å². The van der Waals surface area contributed by atoms with Crippen molar-refractivity contribution in [1.29, 1.82) is 0 Å². The lowest BCUT2D eigenvalue weighted by atomic mass is 10.2. The van der Waals surface area contributed by atoms with Crippen molar-refractivity contribution in [3.05, 3.63) is 29.6 Å². The molecule has 1 saturated carbocycles. The largest absolute Gasteiger partial charge is 0.447 e. The minimum Gasteiger partial charge on any atom is -0.447 e. The Morgan fingerprint density at radius 2 is 2.27 bits per heavy atom. The molecule has 1 aliphatic carbocycles. The van der Waals surface area contributed by atoms with Crippen LogP contribution in [0.25, 0.3) is 0 Å². The highest BCUT2D eigenvalue weighted by atomic mass is 16.5. The first-order valence-electron chi connectivity index (χ1n) is 7.47. The summed E-state index contributed by atoms with van der Waals surface area (Å²) in [5.74, 6) is 1.63. The number of amides is 1. The second-order valence-corrected chi connectivity index (χ2v) is 5.57. The van der Waals surface area contributed by atoms with Crippen molar-refractivity contribution in [2.24, 2.45) is 0 Å². The van der Waals surface area contributed by atoms with Crippen molar-refractivity contribution in [2.75, 3.05) is 6.61 Å². The fraction of sp³-hybridized carbons (Fsp3) is 0.571. The molecule has 0 unspecified atom stereocenters. The van der Waals surface area contributed by atoms with Gasteiger partial charge in [0.15, 0.2) is 17.9 Å². The summed E-state index contributed by atoms with van der Waals surface area (Å²) in [6.45, 7) is 0.904. The molecule has 116 valence electrons. The molecule has 1 amide bonds. The second-order valence-electron chi connectivity index (χ2n) is 5.57. The van der Waals surface area contributed by atoms with Gasteiger partial charge in [-0.1, -0.05) is 5.16 Å². The highest BCUT2D eigenvalue weighted by molar-refractivity contribution is 5.93. The third kappa shape index (κ3) is 2.61. The SMILES string of the molecule is O=C(NCc1noc([C@H]2CCCO2)n1)c1ncoc1C1CC1. The summed E-state index contributed by atoms with van der Waals surface area (Å²) < 4.78 is 15.9. The Balaban J connectivity index is 1.37.